The lowest BCUT2D eigenvalue weighted by atomic mass is 9.77. The summed E-state index contributed by atoms with van der Waals surface area (Å²) >= 11 is 4.71. The first-order valence-electron chi connectivity index (χ1n) is 11.4. The van der Waals surface area contributed by atoms with Crippen LogP contribution in [-0.2, 0) is 22.7 Å². The lowest BCUT2D eigenvalue weighted by molar-refractivity contribution is -0.116. The summed E-state index contributed by atoms with van der Waals surface area (Å²) in [6, 6.07) is 14.3. The number of hydrogen-bond donors (Lipinski definition) is 8. The number of carbonyl (C=O) groups is 2. The van der Waals surface area contributed by atoms with Crippen molar-refractivity contribution in [3.05, 3.63) is 85.0 Å². The summed E-state index contributed by atoms with van der Waals surface area (Å²) in [5, 5.41) is 44.8. The Morgan fingerprint density at radius 2 is 1.24 bits per heavy atom. The van der Waals surface area contributed by atoms with Crippen molar-refractivity contribution in [2.45, 2.75) is 13.1 Å². The highest BCUT2D eigenvalue weighted by Gasteiger charge is 2.15. The quantitative estimate of drug-likeness (QED) is 0.0634. The van der Waals surface area contributed by atoms with Gasteiger partial charge in [-0.1, -0.05) is 61.7 Å². The Balaban J connectivity index is 0.000000605. The fourth-order valence-electron chi connectivity index (χ4n) is 2.79. The number of benzene rings is 2. The van der Waals surface area contributed by atoms with E-state index in [2.05, 4.69) is 29.1 Å². The molecule has 10 nitrogen and oxygen atoms in total. The average molecular weight is 533 g/mol. The van der Waals surface area contributed by atoms with Gasteiger partial charge in [-0.05, 0) is 45.8 Å². The van der Waals surface area contributed by atoms with Gasteiger partial charge in [0.05, 0.1) is 0 Å². The maximum absolute atomic E-state index is 10.9. The normalized spacial score (nSPS) is 9.57. The smallest absolute Gasteiger partial charge is 0.423 e. The minimum absolute atomic E-state index is 0.206. The zero-order chi connectivity index (χ0) is 28.1. The van der Waals surface area contributed by atoms with Crippen LogP contribution in [0.1, 0.15) is 11.1 Å². The molecule has 0 aliphatic rings. The van der Waals surface area contributed by atoms with Crippen LogP contribution in [0.2, 0.25) is 0 Å². The van der Waals surface area contributed by atoms with Gasteiger partial charge in [-0.15, -0.1) is 0 Å². The van der Waals surface area contributed by atoms with Crippen LogP contribution in [0.4, 0.5) is 0 Å². The lowest BCUT2D eigenvalue weighted by Gasteiger charge is -2.10. The van der Waals surface area contributed by atoms with E-state index in [-0.39, 0.29) is 5.91 Å². The van der Waals surface area contributed by atoms with Crippen molar-refractivity contribution in [2.24, 2.45) is 5.73 Å². The van der Waals surface area contributed by atoms with E-state index in [0.29, 0.717) is 43.6 Å². The number of carbonyl (C=O) groups excluding carboxylic acids is 2. The minimum atomic E-state index is -1.47. The van der Waals surface area contributed by atoms with Crippen LogP contribution in [-0.4, -0.2) is 71.7 Å². The van der Waals surface area contributed by atoms with Crippen LogP contribution in [0.25, 0.3) is 0 Å². The fraction of sp³-hybridized carbons (Fsp3) is 0.250. The summed E-state index contributed by atoms with van der Waals surface area (Å²) < 4.78 is 0. The maximum atomic E-state index is 10.9. The SMILES string of the molecule is C=CC(=O)Cl.C=CC(=O)NCCNCc1ccccc1B(O)O.NCCNCc1ccccc1B(O)O. The van der Waals surface area contributed by atoms with Crippen LogP contribution in [0.15, 0.2) is 73.8 Å². The van der Waals surface area contributed by atoms with Gasteiger partial charge in [0.2, 0.25) is 11.1 Å². The highest BCUT2D eigenvalue weighted by Crippen LogP contribution is 1.97. The number of amides is 1. The standard InChI is InChI=1S/C12H17BN2O3.C9H15BN2O2.C3H3ClO/c1-2-12(16)15-8-7-14-9-10-5-3-4-6-11(10)13(17)18;11-5-6-12-7-8-3-1-2-4-9(8)10(13)14;1-2-3(4)5/h2-6,14,17-18H,1,7-9H2,(H,15,16);1-4,12-14H,5-7,11H2;2H,1H2. The molecule has 0 spiro atoms. The van der Waals surface area contributed by atoms with Gasteiger partial charge in [0.15, 0.2) is 0 Å². The van der Waals surface area contributed by atoms with Crippen LogP contribution in [0.5, 0.6) is 0 Å². The molecule has 2 aromatic rings. The highest BCUT2D eigenvalue weighted by atomic mass is 35.5. The number of hydrogen-bond acceptors (Lipinski definition) is 9. The van der Waals surface area contributed by atoms with Gasteiger partial charge < -0.3 is 41.8 Å². The van der Waals surface area contributed by atoms with Crippen molar-refractivity contribution in [2.75, 3.05) is 26.2 Å². The predicted molar refractivity (Wildman–Crippen MR) is 149 cm³/mol. The van der Waals surface area contributed by atoms with Gasteiger partial charge in [-0.3, -0.25) is 9.59 Å². The van der Waals surface area contributed by atoms with Crippen molar-refractivity contribution < 1.29 is 29.7 Å². The van der Waals surface area contributed by atoms with Crippen molar-refractivity contribution in [1.82, 2.24) is 16.0 Å². The molecular formula is C24H35B2ClN4O6. The largest absolute Gasteiger partial charge is 0.488 e. The van der Waals surface area contributed by atoms with Crippen molar-refractivity contribution in [1.29, 1.82) is 0 Å². The van der Waals surface area contributed by atoms with E-state index in [4.69, 9.17) is 27.4 Å². The maximum Gasteiger partial charge on any atom is 0.488 e. The summed E-state index contributed by atoms with van der Waals surface area (Å²) in [5.41, 5.74) is 8.06. The van der Waals surface area contributed by atoms with Crippen LogP contribution in [0.3, 0.4) is 0 Å². The second-order valence-electron chi connectivity index (χ2n) is 7.29. The summed E-state index contributed by atoms with van der Waals surface area (Å²) in [6.07, 6.45) is 2.26. The van der Waals surface area contributed by atoms with Crippen LogP contribution >= 0.6 is 11.6 Å². The lowest BCUT2D eigenvalue weighted by Crippen LogP contribution is -2.36. The first-order valence-corrected chi connectivity index (χ1v) is 11.8. The zero-order valence-electron chi connectivity index (χ0n) is 20.6. The number of rotatable bonds is 13. The summed E-state index contributed by atoms with van der Waals surface area (Å²) in [6.45, 7) is 9.92. The summed E-state index contributed by atoms with van der Waals surface area (Å²) in [5.74, 6) is -0.206. The van der Waals surface area contributed by atoms with Gasteiger partial charge in [0.25, 0.3) is 0 Å². The molecule has 37 heavy (non-hydrogen) atoms. The van der Waals surface area contributed by atoms with E-state index in [1.54, 1.807) is 24.3 Å². The van der Waals surface area contributed by atoms with E-state index in [9.17, 15) is 19.6 Å². The number of nitrogens with one attached hydrogen (secondary N) is 3. The Kier molecular flexibility index (Phi) is 19.7. The number of allylic oxidation sites excluding steroid dienone is 1. The summed E-state index contributed by atoms with van der Waals surface area (Å²) in [7, 11) is -2.88. The van der Waals surface area contributed by atoms with Gasteiger partial charge in [0, 0.05) is 39.3 Å². The molecule has 9 N–H and O–H groups in total. The van der Waals surface area contributed by atoms with E-state index in [0.717, 1.165) is 23.7 Å². The third kappa shape index (κ3) is 16.5. The third-order valence-corrected chi connectivity index (χ3v) is 4.72. The molecule has 0 bridgehead atoms. The molecule has 13 heteroatoms. The predicted octanol–water partition coefficient (Wildman–Crippen LogP) is -1.89. The highest BCUT2D eigenvalue weighted by molar-refractivity contribution is 6.66. The molecule has 0 atom stereocenters. The molecule has 0 aliphatic heterocycles. The Morgan fingerprint density at radius 3 is 1.62 bits per heavy atom. The molecule has 0 saturated heterocycles. The van der Waals surface area contributed by atoms with Gasteiger partial charge >= 0.3 is 14.2 Å². The average Bonchev–Trinajstić information content (AvgIpc) is 2.89. The topological polar surface area (TPSA) is 177 Å². The molecule has 0 aliphatic carbocycles. The van der Waals surface area contributed by atoms with Gasteiger partial charge in [-0.2, -0.15) is 0 Å². The molecule has 0 unspecified atom stereocenters. The molecule has 1 amide bonds. The molecular weight excluding hydrogens is 497 g/mol. The molecule has 0 saturated carbocycles. The zero-order valence-corrected chi connectivity index (χ0v) is 21.4. The first kappa shape index (κ1) is 34.2. The molecule has 0 aromatic heterocycles. The first-order chi connectivity index (χ1) is 17.7. The molecule has 0 heterocycles. The number of nitrogens with two attached hydrogens (primary N) is 1. The molecule has 0 radical (unpaired) electrons. The monoisotopic (exact) mass is 532 g/mol. The Morgan fingerprint density at radius 1 is 0.811 bits per heavy atom. The Bertz CT molecular complexity index is 966. The van der Waals surface area contributed by atoms with Crippen LogP contribution in [0, 0.1) is 0 Å². The van der Waals surface area contributed by atoms with Crippen molar-refractivity contribution in [3.8, 4) is 0 Å². The molecule has 2 aromatic carbocycles. The van der Waals surface area contributed by atoms with Crippen LogP contribution < -0.4 is 32.6 Å². The number of halogens is 1. The van der Waals surface area contributed by atoms with Gasteiger partial charge in [-0.25, -0.2) is 0 Å². The molecule has 200 valence electrons. The second kappa shape index (κ2) is 21.3. The van der Waals surface area contributed by atoms with E-state index < -0.39 is 19.5 Å². The van der Waals surface area contributed by atoms with Crippen molar-refractivity contribution >= 4 is 47.9 Å². The second-order valence-corrected chi connectivity index (χ2v) is 7.66. The Hall–Kier alpha value is -2.80. The van der Waals surface area contributed by atoms with Gasteiger partial charge in [0.1, 0.15) is 0 Å². The van der Waals surface area contributed by atoms with E-state index in [1.165, 1.54) is 6.08 Å². The Labute approximate surface area is 223 Å². The minimum Gasteiger partial charge on any atom is -0.423 e. The van der Waals surface area contributed by atoms with E-state index >= 15 is 0 Å². The summed E-state index contributed by atoms with van der Waals surface area (Å²) in [4.78, 5) is 20.3. The molecule has 0 fully saturated rings. The van der Waals surface area contributed by atoms with E-state index in [1.807, 2.05) is 24.3 Å². The van der Waals surface area contributed by atoms with Crippen molar-refractivity contribution in [3.63, 3.8) is 0 Å². The molecule has 2 rings (SSSR count). The third-order valence-electron chi connectivity index (χ3n) is 4.57. The fourth-order valence-corrected chi connectivity index (χ4v) is 2.79.